The van der Waals surface area contributed by atoms with Crippen LogP contribution in [0.1, 0.15) is 58.8 Å². The van der Waals surface area contributed by atoms with Crippen LogP contribution >= 0.6 is 0 Å². The van der Waals surface area contributed by atoms with Gasteiger partial charge in [-0.15, -0.1) is 0 Å². The van der Waals surface area contributed by atoms with Gasteiger partial charge in [0, 0.05) is 25.2 Å². The van der Waals surface area contributed by atoms with Gasteiger partial charge in [-0.2, -0.15) is 0 Å². The summed E-state index contributed by atoms with van der Waals surface area (Å²) in [4.78, 5) is 0. The molecular formula is C15H26O4. The second kappa shape index (κ2) is 4.17. The number of rotatable bonds is 4. The highest BCUT2D eigenvalue weighted by molar-refractivity contribution is 5.15. The van der Waals surface area contributed by atoms with Crippen LogP contribution in [0.3, 0.4) is 0 Å². The van der Waals surface area contributed by atoms with Crippen LogP contribution < -0.4 is 0 Å². The van der Waals surface area contributed by atoms with E-state index in [-0.39, 0.29) is 5.92 Å². The van der Waals surface area contributed by atoms with Crippen molar-refractivity contribution in [1.29, 1.82) is 0 Å². The van der Waals surface area contributed by atoms with Gasteiger partial charge in [0.2, 0.25) is 0 Å². The Hall–Kier alpha value is -0.160. The lowest BCUT2D eigenvalue weighted by atomic mass is 9.50. The predicted octanol–water partition coefficient (Wildman–Crippen LogP) is 1.57. The van der Waals surface area contributed by atoms with Gasteiger partial charge in [0.25, 0.3) is 0 Å². The molecule has 4 heteroatoms. The standard InChI is InChI=1S/C15H26O4/c1-3-10(2)12(16)19-15-6-11-4-13(17,8-15)7-14(18,5-11)9-15/h10-12,16-18H,3-9H2,1-2H3/t10?,11?,12-,13?,14?,15?/m1/s1. The van der Waals surface area contributed by atoms with Crippen LogP contribution in [0.2, 0.25) is 0 Å². The van der Waals surface area contributed by atoms with Crippen LogP contribution in [0.25, 0.3) is 0 Å². The lowest BCUT2D eigenvalue weighted by molar-refractivity contribution is -0.308. The Bertz CT molecular complexity index is 351. The van der Waals surface area contributed by atoms with Crippen molar-refractivity contribution < 1.29 is 20.1 Å². The molecule has 4 nitrogen and oxygen atoms in total. The Kier molecular flexibility index (Phi) is 3.03. The monoisotopic (exact) mass is 270 g/mol. The van der Waals surface area contributed by atoms with E-state index in [9.17, 15) is 15.3 Å². The van der Waals surface area contributed by atoms with Gasteiger partial charge in [-0.25, -0.2) is 0 Å². The summed E-state index contributed by atoms with van der Waals surface area (Å²) in [5.74, 6) is 0.410. The first-order valence-corrected chi connectivity index (χ1v) is 7.58. The number of aliphatic hydroxyl groups is 3. The second-order valence-electron chi connectivity index (χ2n) is 7.53. The molecule has 0 heterocycles. The third kappa shape index (κ3) is 2.33. The van der Waals surface area contributed by atoms with Crippen LogP contribution in [-0.2, 0) is 4.74 Å². The number of aliphatic hydroxyl groups excluding tert-OH is 1. The van der Waals surface area contributed by atoms with Gasteiger partial charge in [-0.1, -0.05) is 13.8 Å². The highest BCUT2D eigenvalue weighted by Crippen LogP contribution is 2.60. The Morgan fingerprint density at radius 2 is 1.68 bits per heavy atom. The highest BCUT2D eigenvalue weighted by Gasteiger charge is 2.63. The summed E-state index contributed by atoms with van der Waals surface area (Å²) < 4.78 is 5.97. The molecule has 4 aliphatic rings. The van der Waals surface area contributed by atoms with Crippen molar-refractivity contribution in [1.82, 2.24) is 0 Å². The van der Waals surface area contributed by atoms with Gasteiger partial charge in [-0.3, -0.25) is 0 Å². The molecule has 4 saturated carbocycles. The minimum atomic E-state index is -0.798. The molecule has 0 spiro atoms. The van der Waals surface area contributed by atoms with Crippen LogP contribution in [0, 0.1) is 11.8 Å². The average Bonchev–Trinajstić information content (AvgIpc) is 2.21. The highest BCUT2D eigenvalue weighted by atomic mass is 16.6. The molecule has 0 aromatic heterocycles. The first-order valence-electron chi connectivity index (χ1n) is 7.58. The van der Waals surface area contributed by atoms with Crippen LogP contribution in [-0.4, -0.2) is 38.4 Å². The Labute approximate surface area is 114 Å². The van der Waals surface area contributed by atoms with E-state index in [1.54, 1.807) is 0 Å². The van der Waals surface area contributed by atoms with Gasteiger partial charge >= 0.3 is 0 Å². The van der Waals surface area contributed by atoms with Crippen molar-refractivity contribution >= 4 is 0 Å². The van der Waals surface area contributed by atoms with Crippen LogP contribution in [0.5, 0.6) is 0 Å². The van der Waals surface area contributed by atoms with Crippen molar-refractivity contribution in [2.45, 2.75) is 81.9 Å². The largest absolute Gasteiger partial charge is 0.390 e. The molecule has 0 aromatic rings. The molecule has 4 atom stereocenters. The number of ether oxygens (including phenoxy) is 1. The Morgan fingerprint density at radius 3 is 2.16 bits per heavy atom. The average molecular weight is 270 g/mol. The normalized spacial score (nSPS) is 51.3. The van der Waals surface area contributed by atoms with Gasteiger partial charge in [0.15, 0.2) is 6.29 Å². The predicted molar refractivity (Wildman–Crippen MR) is 70.4 cm³/mol. The molecule has 0 saturated heterocycles. The maximum atomic E-state index is 10.6. The first kappa shape index (κ1) is 13.8. The molecule has 4 aliphatic carbocycles. The molecule has 0 amide bonds. The summed E-state index contributed by atoms with van der Waals surface area (Å²) in [6.07, 6.45) is 4.08. The van der Waals surface area contributed by atoms with Crippen molar-refractivity contribution in [3.8, 4) is 0 Å². The van der Waals surface area contributed by atoms with Crippen molar-refractivity contribution in [2.75, 3.05) is 0 Å². The molecule has 3 N–H and O–H groups in total. The van der Waals surface area contributed by atoms with E-state index in [1.165, 1.54) is 0 Å². The third-order valence-electron chi connectivity index (χ3n) is 5.46. The molecule has 0 aliphatic heterocycles. The Morgan fingerprint density at radius 1 is 1.11 bits per heavy atom. The molecule has 4 bridgehead atoms. The molecule has 4 fully saturated rings. The fraction of sp³-hybridized carbons (Fsp3) is 1.00. The summed E-state index contributed by atoms with van der Waals surface area (Å²) in [5.41, 5.74) is -2.10. The first-order chi connectivity index (χ1) is 8.77. The Balaban J connectivity index is 1.81. The fourth-order valence-corrected chi connectivity index (χ4v) is 4.96. The van der Waals surface area contributed by atoms with E-state index in [1.807, 2.05) is 13.8 Å². The topological polar surface area (TPSA) is 69.9 Å². The SMILES string of the molecule is CCC(C)[C@H](O)OC12CC3CC(O)(CC(O)(C3)C1)C2. The zero-order valence-corrected chi connectivity index (χ0v) is 11.9. The van der Waals surface area contributed by atoms with Gasteiger partial charge in [0.1, 0.15) is 0 Å². The molecule has 19 heavy (non-hydrogen) atoms. The molecule has 3 unspecified atom stereocenters. The summed E-state index contributed by atoms with van der Waals surface area (Å²) >= 11 is 0. The summed E-state index contributed by atoms with van der Waals surface area (Å²) in [7, 11) is 0. The van der Waals surface area contributed by atoms with Crippen LogP contribution in [0.4, 0.5) is 0 Å². The van der Waals surface area contributed by atoms with E-state index in [2.05, 4.69) is 0 Å². The summed E-state index contributed by atoms with van der Waals surface area (Å²) in [6.45, 7) is 3.99. The minimum Gasteiger partial charge on any atom is -0.390 e. The summed E-state index contributed by atoms with van der Waals surface area (Å²) in [5, 5.41) is 31.4. The minimum absolute atomic E-state index is 0.0808. The summed E-state index contributed by atoms with van der Waals surface area (Å²) in [6, 6.07) is 0. The molecule has 4 rings (SSSR count). The molecular weight excluding hydrogens is 244 g/mol. The number of hydrogen-bond acceptors (Lipinski definition) is 4. The third-order valence-corrected chi connectivity index (χ3v) is 5.46. The van der Waals surface area contributed by atoms with Crippen LogP contribution in [0.15, 0.2) is 0 Å². The van der Waals surface area contributed by atoms with E-state index in [4.69, 9.17) is 4.74 Å². The number of hydrogen-bond donors (Lipinski definition) is 3. The van der Waals surface area contributed by atoms with E-state index >= 15 is 0 Å². The lowest BCUT2D eigenvalue weighted by Gasteiger charge is -2.63. The van der Waals surface area contributed by atoms with E-state index < -0.39 is 23.1 Å². The molecule has 0 aromatic carbocycles. The second-order valence-corrected chi connectivity index (χ2v) is 7.53. The van der Waals surface area contributed by atoms with Crippen molar-refractivity contribution in [2.24, 2.45) is 11.8 Å². The molecule has 0 radical (unpaired) electrons. The maximum Gasteiger partial charge on any atom is 0.157 e. The van der Waals surface area contributed by atoms with Gasteiger partial charge in [-0.05, 0) is 31.6 Å². The van der Waals surface area contributed by atoms with Crippen molar-refractivity contribution in [3.63, 3.8) is 0 Å². The maximum absolute atomic E-state index is 10.6. The van der Waals surface area contributed by atoms with E-state index in [0.29, 0.717) is 25.2 Å². The van der Waals surface area contributed by atoms with E-state index in [0.717, 1.165) is 25.7 Å². The van der Waals surface area contributed by atoms with Gasteiger partial charge in [0.05, 0.1) is 16.8 Å². The van der Waals surface area contributed by atoms with Crippen molar-refractivity contribution in [3.05, 3.63) is 0 Å². The molecule has 110 valence electrons. The zero-order valence-electron chi connectivity index (χ0n) is 11.9. The smallest absolute Gasteiger partial charge is 0.157 e. The van der Waals surface area contributed by atoms with Gasteiger partial charge < -0.3 is 20.1 Å². The quantitative estimate of drug-likeness (QED) is 0.678. The zero-order chi connectivity index (χ0) is 13.9. The fourth-order valence-electron chi connectivity index (χ4n) is 4.96. The lowest BCUT2D eigenvalue weighted by Crippen LogP contribution is -2.67.